The molecule has 1 saturated heterocycles. The summed E-state index contributed by atoms with van der Waals surface area (Å²) in [5.74, 6) is 0.134. The zero-order chi connectivity index (χ0) is 13.1. The Bertz CT molecular complexity index is 419. The van der Waals surface area contributed by atoms with Gasteiger partial charge in [0.2, 0.25) is 0 Å². The van der Waals surface area contributed by atoms with Crippen LogP contribution in [-0.2, 0) is 13.5 Å². The van der Waals surface area contributed by atoms with Gasteiger partial charge in [-0.25, -0.2) is 0 Å². The van der Waals surface area contributed by atoms with E-state index in [-0.39, 0.29) is 5.91 Å². The van der Waals surface area contributed by atoms with E-state index in [4.69, 9.17) is 0 Å². The van der Waals surface area contributed by atoms with Gasteiger partial charge in [-0.05, 0) is 26.3 Å². The second-order valence-corrected chi connectivity index (χ2v) is 4.87. The molecule has 0 bridgehead atoms. The van der Waals surface area contributed by atoms with Crippen LogP contribution in [0.2, 0.25) is 0 Å². The highest BCUT2D eigenvalue weighted by Gasteiger charge is 2.25. The van der Waals surface area contributed by atoms with Gasteiger partial charge in [0.05, 0.1) is 11.3 Å². The van der Waals surface area contributed by atoms with Gasteiger partial charge in [-0.1, -0.05) is 6.92 Å². The first-order valence-corrected chi connectivity index (χ1v) is 6.64. The molecule has 1 N–H and O–H groups in total. The van der Waals surface area contributed by atoms with Crippen molar-refractivity contribution in [3.8, 4) is 0 Å². The largest absolute Gasteiger partial charge is 0.338 e. The maximum atomic E-state index is 12.4. The highest BCUT2D eigenvalue weighted by Crippen LogP contribution is 2.16. The highest BCUT2D eigenvalue weighted by molar-refractivity contribution is 5.95. The van der Waals surface area contributed by atoms with E-state index in [1.54, 1.807) is 4.68 Å². The van der Waals surface area contributed by atoms with Crippen LogP contribution in [-0.4, -0.2) is 46.8 Å². The molecule has 0 atom stereocenters. The fourth-order valence-corrected chi connectivity index (χ4v) is 2.52. The van der Waals surface area contributed by atoms with Crippen LogP contribution in [0.25, 0.3) is 0 Å². The minimum Gasteiger partial charge on any atom is -0.338 e. The van der Waals surface area contributed by atoms with Crippen molar-refractivity contribution < 1.29 is 4.79 Å². The van der Waals surface area contributed by atoms with Crippen LogP contribution < -0.4 is 5.32 Å². The van der Waals surface area contributed by atoms with E-state index in [0.717, 1.165) is 43.6 Å². The molecule has 0 aliphatic carbocycles. The highest BCUT2D eigenvalue weighted by atomic mass is 16.2. The Labute approximate surface area is 108 Å². The molecule has 0 saturated carbocycles. The number of nitrogens with zero attached hydrogens (tertiary/aromatic N) is 3. The molecule has 18 heavy (non-hydrogen) atoms. The molecule has 2 rings (SSSR count). The van der Waals surface area contributed by atoms with Crippen molar-refractivity contribution in [3.05, 3.63) is 17.5 Å². The Hall–Kier alpha value is -1.36. The Kier molecular flexibility index (Phi) is 4.01. The predicted octanol–water partition coefficient (Wildman–Crippen LogP) is 0.806. The second kappa shape index (κ2) is 5.52. The molecular formula is C13H22N4O. The second-order valence-electron chi connectivity index (χ2n) is 4.87. The summed E-state index contributed by atoms with van der Waals surface area (Å²) in [6.45, 7) is 3.71. The van der Waals surface area contributed by atoms with E-state index in [1.807, 2.05) is 32.1 Å². The van der Waals surface area contributed by atoms with Gasteiger partial charge in [0, 0.05) is 32.4 Å². The fraction of sp³-hybridized carbons (Fsp3) is 0.692. The molecule has 1 aliphatic rings. The molecule has 1 aliphatic heterocycles. The zero-order valence-corrected chi connectivity index (χ0v) is 11.4. The molecule has 0 radical (unpaired) electrons. The van der Waals surface area contributed by atoms with Crippen LogP contribution in [0.4, 0.5) is 0 Å². The number of aromatic nitrogens is 2. The van der Waals surface area contributed by atoms with Gasteiger partial charge in [0.1, 0.15) is 0 Å². The minimum absolute atomic E-state index is 0.134. The van der Waals surface area contributed by atoms with Gasteiger partial charge in [0.15, 0.2) is 0 Å². The standard InChI is InChI=1S/C13H22N4O/c1-4-12-11(9-16(3)15-12)13(18)17-7-5-10(14-2)6-8-17/h9-10,14H,4-8H2,1-3H3. The van der Waals surface area contributed by atoms with Crippen LogP contribution in [0.1, 0.15) is 35.8 Å². The molecule has 1 aromatic heterocycles. The van der Waals surface area contributed by atoms with Crippen LogP contribution in [0, 0.1) is 0 Å². The average Bonchev–Trinajstić information content (AvgIpc) is 2.79. The molecule has 5 nitrogen and oxygen atoms in total. The van der Waals surface area contributed by atoms with E-state index in [0.29, 0.717) is 6.04 Å². The first-order valence-electron chi connectivity index (χ1n) is 6.64. The topological polar surface area (TPSA) is 50.2 Å². The number of amides is 1. The van der Waals surface area contributed by atoms with Crippen molar-refractivity contribution in [2.45, 2.75) is 32.2 Å². The van der Waals surface area contributed by atoms with Crippen LogP contribution in [0.5, 0.6) is 0 Å². The number of hydrogen-bond donors (Lipinski definition) is 1. The first kappa shape index (κ1) is 13.1. The lowest BCUT2D eigenvalue weighted by atomic mass is 10.0. The normalized spacial score (nSPS) is 17.2. The van der Waals surface area contributed by atoms with Gasteiger partial charge in [-0.2, -0.15) is 5.10 Å². The van der Waals surface area contributed by atoms with Crippen molar-refractivity contribution >= 4 is 5.91 Å². The summed E-state index contributed by atoms with van der Waals surface area (Å²) >= 11 is 0. The van der Waals surface area contributed by atoms with Crippen LogP contribution in [0.15, 0.2) is 6.20 Å². The van der Waals surface area contributed by atoms with Crippen molar-refractivity contribution in [3.63, 3.8) is 0 Å². The molecule has 2 heterocycles. The lowest BCUT2D eigenvalue weighted by Crippen LogP contribution is -2.44. The summed E-state index contributed by atoms with van der Waals surface area (Å²) in [7, 11) is 3.85. The van der Waals surface area contributed by atoms with Crippen LogP contribution >= 0.6 is 0 Å². The van der Waals surface area contributed by atoms with E-state index in [9.17, 15) is 4.79 Å². The average molecular weight is 250 g/mol. The monoisotopic (exact) mass is 250 g/mol. The lowest BCUT2D eigenvalue weighted by Gasteiger charge is -2.31. The van der Waals surface area contributed by atoms with Gasteiger partial charge in [-0.15, -0.1) is 0 Å². The van der Waals surface area contributed by atoms with Gasteiger partial charge < -0.3 is 10.2 Å². The number of carbonyl (C=O) groups excluding carboxylic acids is 1. The van der Waals surface area contributed by atoms with Crippen LogP contribution in [0.3, 0.4) is 0 Å². The third-order valence-corrected chi connectivity index (χ3v) is 3.66. The van der Waals surface area contributed by atoms with Gasteiger partial charge >= 0.3 is 0 Å². The summed E-state index contributed by atoms with van der Waals surface area (Å²) < 4.78 is 1.73. The number of likely N-dealkylation sites (tertiary alicyclic amines) is 1. The molecule has 1 aromatic rings. The SMILES string of the molecule is CCc1nn(C)cc1C(=O)N1CCC(NC)CC1. The van der Waals surface area contributed by atoms with E-state index in [2.05, 4.69) is 10.4 Å². The maximum Gasteiger partial charge on any atom is 0.257 e. The number of nitrogens with one attached hydrogen (secondary N) is 1. The Balaban J connectivity index is 2.07. The summed E-state index contributed by atoms with van der Waals surface area (Å²) in [6, 6.07) is 0.550. The molecule has 5 heteroatoms. The molecule has 0 unspecified atom stereocenters. The molecule has 1 amide bonds. The maximum absolute atomic E-state index is 12.4. The van der Waals surface area contributed by atoms with Gasteiger partial charge in [-0.3, -0.25) is 9.48 Å². The number of piperidine rings is 1. The number of aryl methyl sites for hydroxylation is 2. The molecule has 1 fully saturated rings. The minimum atomic E-state index is 0.134. The zero-order valence-electron chi connectivity index (χ0n) is 11.4. The third-order valence-electron chi connectivity index (χ3n) is 3.66. The number of hydrogen-bond acceptors (Lipinski definition) is 3. The Morgan fingerprint density at radius 3 is 2.72 bits per heavy atom. The Morgan fingerprint density at radius 1 is 1.50 bits per heavy atom. The number of carbonyl (C=O) groups is 1. The van der Waals surface area contributed by atoms with Crippen molar-refractivity contribution in [2.75, 3.05) is 20.1 Å². The summed E-state index contributed by atoms with van der Waals surface area (Å²) in [4.78, 5) is 14.4. The summed E-state index contributed by atoms with van der Waals surface area (Å²) in [5.41, 5.74) is 1.67. The summed E-state index contributed by atoms with van der Waals surface area (Å²) in [6.07, 6.45) is 4.70. The van der Waals surface area contributed by atoms with Crippen molar-refractivity contribution in [1.82, 2.24) is 20.0 Å². The van der Waals surface area contributed by atoms with E-state index >= 15 is 0 Å². The fourth-order valence-electron chi connectivity index (χ4n) is 2.52. The quantitative estimate of drug-likeness (QED) is 0.863. The number of rotatable bonds is 3. The molecule has 0 spiro atoms. The van der Waals surface area contributed by atoms with E-state index in [1.165, 1.54) is 0 Å². The summed E-state index contributed by atoms with van der Waals surface area (Å²) in [5, 5.41) is 7.61. The van der Waals surface area contributed by atoms with Crippen molar-refractivity contribution in [1.29, 1.82) is 0 Å². The molecule has 0 aromatic carbocycles. The predicted molar refractivity (Wildman–Crippen MR) is 70.6 cm³/mol. The first-order chi connectivity index (χ1) is 8.65. The van der Waals surface area contributed by atoms with E-state index < -0.39 is 0 Å². The van der Waals surface area contributed by atoms with Crippen molar-refractivity contribution in [2.24, 2.45) is 7.05 Å². The lowest BCUT2D eigenvalue weighted by molar-refractivity contribution is 0.0706. The third kappa shape index (κ3) is 2.56. The molecule has 100 valence electrons. The smallest absolute Gasteiger partial charge is 0.257 e. The molecular weight excluding hydrogens is 228 g/mol. The Morgan fingerprint density at radius 2 is 2.17 bits per heavy atom. The van der Waals surface area contributed by atoms with Gasteiger partial charge in [0.25, 0.3) is 5.91 Å².